The van der Waals surface area contributed by atoms with Crippen molar-refractivity contribution in [3.05, 3.63) is 6.33 Å². The predicted octanol–water partition coefficient (Wildman–Crippen LogP) is -2.50. The van der Waals surface area contributed by atoms with Crippen LogP contribution < -0.4 is 15.4 Å². The number of hydrogen-bond donors (Lipinski definition) is 3. The van der Waals surface area contributed by atoms with Crippen molar-refractivity contribution in [2.75, 3.05) is 12.3 Å². The maximum absolute atomic E-state index is 14.2. The molecule has 0 radical (unpaired) electrons. The van der Waals surface area contributed by atoms with E-state index in [0.29, 0.717) is 0 Å². The average Bonchev–Trinajstić information content (AvgIpc) is 2.89. The van der Waals surface area contributed by atoms with E-state index >= 15 is 0 Å². The van der Waals surface area contributed by atoms with Crippen molar-refractivity contribution in [1.29, 1.82) is 0 Å². The lowest BCUT2D eigenvalue weighted by molar-refractivity contribution is -0.744. The highest BCUT2D eigenvalue weighted by atomic mass is 19.1. The third-order valence-corrected chi connectivity index (χ3v) is 3.49. The number of nitrogens with two attached hydrogens (primary N) is 1. The Labute approximate surface area is 118 Å². The van der Waals surface area contributed by atoms with Gasteiger partial charge in [-0.2, -0.15) is 0 Å². The quantitative estimate of drug-likeness (QED) is 0.522. The van der Waals surface area contributed by atoms with Crippen LogP contribution in [-0.4, -0.2) is 49.7 Å². The molecular weight excluding hydrogens is 285 g/mol. The van der Waals surface area contributed by atoms with E-state index in [1.807, 2.05) is 0 Å². The van der Waals surface area contributed by atoms with Gasteiger partial charge in [0.05, 0.1) is 13.7 Å². The van der Waals surface area contributed by atoms with Gasteiger partial charge in [-0.1, -0.05) is 4.98 Å². The molecule has 1 aliphatic rings. The number of fused-ring (bicyclic) bond motifs is 1. The Kier molecular flexibility index (Phi) is 3.15. The highest BCUT2D eigenvalue weighted by Gasteiger charge is 2.47. The Balaban J connectivity index is 2.13. The molecule has 4 N–H and O–H groups in total. The maximum Gasteiger partial charge on any atom is 0.309 e. The number of aromatic nitrogens is 4. The van der Waals surface area contributed by atoms with Crippen LogP contribution in [0.1, 0.15) is 6.23 Å². The van der Waals surface area contributed by atoms with E-state index in [0.717, 1.165) is 0 Å². The van der Waals surface area contributed by atoms with Gasteiger partial charge < -0.3 is 25.8 Å². The Morgan fingerprint density at radius 1 is 1.57 bits per heavy atom. The molecule has 0 saturated carbocycles. The van der Waals surface area contributed by atoms with Crippen LogP contribution in [0.3, 0.4) is 0 Å². The molecule has 21 heavy (non-hydrogen) atoms. The summed E-state index contributed by atoms with van der Waals surface area (Å²) in [6.45, 7) is -0.520. The molecule has 114 valence electrons. The topological polar surface area (TPSA) is 133 Å². The molecule has 0 amide bonds. The second kappa shape index (κ2) is 4.76. The van der Waals surface area contributed by atoms with Gasteiger partial charge in [-0.15, -0.1) is 0 Å². The summed E-state index contributed by atoms with van der Waals surface area (Å²) in [6, 6.07) is 0. The van der Waals surface area contributed by atoms with Crippen molar-refractivity contribution < 1.29 is 29.0 Å². The zero-order valence-electron chi connectivity index (χ0n) is 11.0. The number of hydrogen-bond acceptors (Lipinski definition) is 7. The Hall–Kier alpha value is -2.04. The molecular formula is C11H14FN5O4. The van der Waals surface area contributed by atoms with E-state index in [9.17, 15) is 14.6 Å². The van der Waals surface area contributed by atoms with E-state index in [-0.39, 0.29) is 17.1 Å². The number of nitrogen functional groups attached to an aromatic ring is 1. The van der Waals surface area contributed by atoms with Gasteiger partial charge in [-0.05, 0) is 0 Å². The van der Waals surface area contributed by atoms with Crippen LogP contribution >= 0.6 is 0 Å². The van der Waals surface area contributed by atoms with E-state index in [1.54, 1.807) is 7.05 Å². The first-order valence-corrected chi connectivity index (χ1v) is 6.23. The van der Waals surface area contributed by atoms with Gasteiger partial charge in [-0.3, -0.25) is 4.57 Å². The molecule has 0 aliphatic carbocycles. The zero-order valence-corrected chi connectivity index (χ0v) is 11.0. The predicted molar refractivity (Wildman–Crippen MR) is 64.5 cm³/mol. The number of ether oxygens (including phenoxy) is 1. The fourth-order valence-corrected chi connectivity index (χ4v) is 2.49. The number of anilines is 1. The van der Waals surface area contributed by atoms with Crippen molar-refractivity contribution in [2.24, 2.45) is 7.05 Å². The molecule has 1 fully saturated rings. The summed E-state index contributed by atoms with van der Waals surface area (Å²) in [5.74, 6) is -0.827. The minimum absolute atomic E-state index is 0.105. The smallest absolute Gasteiger partial charge is 0.309 e. The van der Waals surface area contributed by atoms with E-state index in [1.165, 1.54) is 15.5 Å². The van der Waals surface area contributed by atoms with Crippen molar-refractivity contribution in [3.8, 4) is 5.88 Å². The number of rotatable bonds is 2. The maximum atomic E-state index is 14.2. The van der Waals surface area contributed by atoms with Crippen molar-refractivity contribution in [1.82, 2.24) is 14.5 Å². The fraction of sp³-hybridized carbons (Fsp3) is 0.545. The zero-order chi connectivity index (χ0) is 15.3. The summed E-state index contributed by atoms with van der Waals surface area (Å²) in [5, 5.41) is 30.6. The Morgan fingerprint density at radius 2 is 2.29 bits per heavy atom. The van der Waals surface area contributed by atoms with Gasteiger partial charge >= 0.3 is 5.65 Å². The fourth-order valence-electron chi connectivity index (χ4n) is 2.49. The largest absolute Gasteiger partial charge is 0.856 e. The summed E-state index contributed by atoms with van der Waals surface area (Å²) in [5.41, 5.74) is 5.69. The van der Waals surface area contributed by atoms with Crippen LogP contribution in [-0.2, 0) is 11.8 Å². The number of halogens is 1. The van der Waals surface area contributed by atoms with Crippen LogP contribution in [0.4, 0.5) is 10.3 Å². The summed E-state index contributed by atoms with van der Waals surface area (Å²) in [7, 11) is 1.57. The molecule has 0 unspecified atom stereocenters. The SMILES string of the molecule is Cn1c[n+]([C@@H]2O[C@H](CO)[C@@H](O)[C@H]2F)c2nc(N)nc([O-])c21. The van der Waals surface area contributed by atoms with E-state index in [4.69, 9.17) is 15.6 Å². The number of alkyl halides is 1. The lowest BCUT2D eigenvalue weighted by Crippen LogP contribution is -2.44. The third-order valence-electron chi connectivity index (χ3n) is 3.49. The number of aliphatic hydroxyl groups is 2. The van der Waals surface area contributed by atoms with Crippen LogP contribution in [0.2, 0.25) is 0 Å². The van der Waals surface area contributed by atoms with E-state index < -0.39 is 37.1 Å². The van der Waals surface area contributed by atoms with Crippen LogP contribution in [0.15, 0.2) is 6.33 Å². The van der Waals surface area contributed by atoms with Crippen molar-refractivity contribution >= 4 is 17.1 Å². The second-order valence-electron chi connectivity index (χ2n) is 4.88. The first-order chi connectivity index (χ1) is 9.93. The molecule has 2 aromatic heterocycles. The minimum atomic E-state index is -1.77. The third kappa shape index (κ3) is 1.99. The molecule has 4 atom stereocenters. The van der Waals surface area contributed by atoms with Gasteiger partial charge in [0, 0.05) is 5.88 Å². The van der Waals surface area contributed by atoms with Crippen LogP contribution in [0, 0.1) is 0 Å². The molecule has 2 aromatic rings. The van der Waals surface area contributed by atoms with E-state index in [2.05, 4.69) is 9.97 Å². The Morgan fingerprint density at radius 3 is 2.90 bits per heavy atom. The molecule has 10 heteroatoms. The summed E-state index contributed by atoms with van der Waals surface area (Å²) >= 11 is 0. The van der Waals surface area contributed by atoms with Gasteiger partial charge in [0.15, 0.2) is 18.0 Å². The lowest BCUT2D eigenvalue weighted by atomic mass is 10.1. The standard InChI is InChI=1S/C11H14FN5O4/c1-16-3-17(8-6(16)9(20)15-11(13)14-8)10-5(12)7(19)4(2-18)21-10/h3-5,7,10,18-19H,2H2,1H3,(H2-,13,14,15,20)/t4-,5-,7-,10-/m1/s1. The number of aryl methyl sites for hydroxylation is 1. The average molecular weight is 299 g/mol. The van der Waals surface area contributed by atoms with Crippen LogP contribution in [0.25, 0.3) is 11.2 Å². The lowest BCUT2D eigenvalue weighted by Gasteiger charge is -2.10. The molecule has 9 nitrogen and oxygen atoms in total. The number of aliphatic hydroxyl groups excluding tert-OH is 2. The van der Waals surface area contributed by atoms with Gasteiger partial charge in [-0.25, -0.2) is 13.9 Å². The molecule has 3 rings (SSSR count). The Bertz CT molecular complexity index is 693. The molecule has 3 heterocycles. The normalized spacial score (nSPS) is 29.3. The first kappa shape index (κ1) is 13.9. The summed E-state index contributed by atoms with van der Waals surface area (Å²) in [6.07, 6.45) is -4.09. The van der Waals surface area contributed by atoms with Crippen molar-refractivity contribution in [2.45, 2.75) is 24.6 Å². The molecule has 1 aliphatic heterocycles. The molecule has 0 aromatic carbocycles. The van der Waals surface area contributed by atoms with Crippen molar-refractivity contribution in [3.63, 3.8) is 0 Å². The highest BCUT2D eigenvalue weighted by Crippen LogP contribution is 2.29. The second-order valence-corrected chi connectivity index (χ2v) is 4.88. The van der Waals surface area contributed by atoms with Gasteiger partial charge in [0.1, 0.15) is 12.2 Å². The highest BCUT2D eigenvalue weighted by molar-refractivity contribution is 5.73. The van der Waals surface area contributed by atoms with Gasteiger partial charge in [0.2, 0.25) is 6.23 Å². The monoisotopic (exact) mass is 299 g/mol. The minimum Gasteiger partial charge on any atom is -0.856 e. The number of imidazole rings is 1. The van der Waals surface area contributed by atoms with Gasteiger partial charge in [0.25, 0.3) is 5.95 Å². The molecule has 0 spiro atoms. The molecule has 0 bridgehead atoms. The first-order valence-electron chi connectivity index (χ1n) is 6.23. The molecule has 1 saturated heterocycles. The summed E-state index contributed by atoms with van der Waals surface area (Å²) < 4.78 is 22.2. The van der Waals surface area contributed by atoms with Crippen LogP contribution in [0.5, 0.6) is 5.88 Å². The summed E-state index contributed by atoms with van der Waals surface area (Å²) in [4.78, 5) is 7.45. The number of nitrogens with zero attached hydrogens (tertiary/aromatic N) is 4.